The number of hydrogen-bond donors (Lipinski definition) is 2. The van der Waals surface area contributed by atoms with Crippen LogP contribution >= 0.6 is 0 Å². The molecule has 1 amide bonds. The molecule has 3 unspecified atom stereocenters. The first-order chi connectivity index (χ1) is 7.13. The lowest BCUT2D eigenvalue weighted by atomic mass is 10.2. The number of methoxy groups -OCH3 is 1. The zero-order valence-corrected chi connectivity index (χ0v) is 9.23. The molecule has 1 fully saturated rings. The van der Waals surface area contributed by atoms with Gasteiger partial charge in [-0.15, -0.1) is 0 Å². The summed E-state index contributed by atoms with van der Waals surface area (Å²) < 4.78 is 10.1. The van der Waals surface area contributed by atoms with Crippen LogP contribution in [0.3, 0.4) is 0 Å². The lowest BCUT2D eigenvalue weighted by molar-refractivity contribution is -0.132. The van der Waals surface area contributed by atoms with Crippen molar-refractivity contribution < 1.29 is 19.4 Å². The summed E-state index contributed by atoms with van der Waals surface area (Å²) in [5.74, 6) is -0.144. The number of carbonyl (C=O) groups excluding carboxylic acids is 1. The molecule has 5 heteroatoms. The Bertz CT molecular complexity index is 210. The van der Waals surface area contributed by atoms with Crippen LogP contribution in [0, 0.1) is 0 Å². The monoisotopic (exact) mass is 217 g/mol. The van der Waals surface area contributed by atoms with E-state index in [-0.39, 0.29) is 31.3 Å². The minimum atomic E-state index is -0.655. The minimum Gasteiger partial charge on any atom is -0.389 e. The smallest absolute Gasteiger partial charge is 0.249 e. The Balaban J connectivity index is 2.18. The topological polar surface area (TPSA) is 67.8 Å². The van der Waals surface area contributed by atoms with E-state index in [2.05, 4.69) is 5.32 Å². The lowest BCUT2D eigenvalue weighted by Crippen LogP contribution is -2.40. The third kappa shape index (κ3) is 4.15. The van der Waals surface area contributed by atoms with E-state index in [1.165, 1.54) is 7.11 Å². The highest BCUT2D eigenvalue weighted by atomic mass is 16.5. The van der Waals surface area contributed by atoms with Crippen LogP contribution in [0.15, 0.2) is 0 Å². The Morgan fingerprint density at radius 1 is 1.67 bits per heavy atom. The van der Waals surface area contributed by atoms with Gasteiger partial charge >= 0.3 is 0 Å². The number of aliphatic hydroxyl groups is 1. The van der Waals surface area contributed by atoms with Crippen LogP contribution in [-0.4, -0.2) is 49.6 Å². The molecular weight excluding hydrogens is 198 g/mol. The van der Waals surface area contributed by atoms with Crippen molar-refractivity contribution >= 4 is 5.91 Å². The van der Waals surface area contributed by atoms with Gasteiger partial charge in [0.1, 0.15) is 6.10 Å². The molecule has 1 heterocycles. The van der Waals surface area contributed by atoms with Crippen LogP contribution in [0.5, 0.6) is 0 Å². The Morgan fingerprint density at radius 2 is 2.40 bits per heavy atom. The molecule has 0 aromatic carbocycles. The Labute approximate surface area is 89.8 Å². The van der Waals surface area contributed by atoms with Crippen LogP contribution in [-0.2, 0) is 14.3 Å². The number of ether oxygens (including phenoxy) is 2. The van der Waals surface area contributed by atoms with Crippen molar-refractivity contribution in [3.8, 4) is 0 Å². The largest absolute Gasteiger partial charge is 0.389 e. The molecule has 1 rings (SSSR count). The Hall–Kier alpha value is -0.650. The summed E-state index contributed by atoms with van der Waals surface area (Å²) in [5.41, 5.74) is 0. The summed E-state index contributed by atoms with van der Waals surface area (Å²) in [6, 6.07) is 0. The molecule has 0 bridgehead atoms. The van der Waals surface area contributed by atoms with E-state index in [1.807, 2.05) is 6.92 Å². The normalized spacial score (nSPS) is 27.7. The van der Waals surface area contributed by atoms with Crippen molar-refractivity contribution in [3.05, 3.63) is 0 Å². The average Bonchev–Trinajstić information content (AvgIpc) is 2.62. The van der Waals surface area contributed by atoms with Gasteiger partial charge in [-0.1, -0.05) is 0 Å². The van der Waals surface area contributed by atoms with Gasteiger partial charge in [-0.25, -0.2) is 0 Å². The third-order valence-electron chi connectivity index (χ3n) is 2.40. The van der Waals surface area contributed by atoms with E-state index in [0.29, 0.717) is 0 Å². The standard InChI is InChI=1S/C10H19NO4/c1-7-3-4-9(15-7)10(13)11-5-8(12)6-14-2/h7-9,12H,3-6H2,1-2H3,(H,11,13). The quantitative estimate of drug-likeness (QED) is 0.662. The van der Waals surface area contributed by atoms with Gasteiger partial charge in [0, 0.05) is 13.7 Å². The summed E-state index contributed by atoms with van der Waals surface area (Å²) >= 11 is 0. The van der Waals surface area contributed by atoms with Crippen molar-refractivity contribution in [2.24, 2.45) is 0 Å². The first-order valence-corrected chi connectivity index (χ1v) is 5.23. The Kier molecular flexibility index (Phi) is 5.01. The number of nitrogens with one attached hydrogen (secondary N) is 1. The minimum absolute atomic E-state index is 0.144. The van der Waals surface area contributed by atoms with Gasteiger partial charge in [0.2, 0.25) is 5.91 Å². The maximum absolute atomic E-state index is 11.5. The van der Waals surface area contributed by atoms with Gasteiger partial charge in [0.05, 0.1) is 18.8 Å². The van der Waals surface area contributed by atoms with Gasteiger partial charge in [-0.05, 0) is 19.8 Å². The molecule has 0 aliphatic carbocycles. The van der Waals surface area contributed by atoms with E-state index in [1.54, 1.807) is 0 Å². The average molecular weight is 217 g/mol. The molecule has 0 spiro atoms. The molecule has 0 saturated carbocycles. The summed E-state index contributed by atoms with van der Waals surface area (Å²) in [6.07, 6.45) is 0.823. The fourth-order valence-corrected chi connectivity index (χ4v) is 1.58. The summed E-state index contributed by atoms with van der Waals surface area (Å²) in [6.45, 7) is 2.39. The number of carbonyl (C=O) groups is 1. The lowest BCUT2D eigenvalue weighted by Gasteiger charge is -2.14. The van der Waals surface area contributed by atoms with Crippen molar-refractivity contribution in [1.82, 2.24) is 5.32 Å². The fourth-order valence-electron chi connectivity index (χ4n) is 1.58. The molecule has 0 aromatic heterocycles. The van der Waals surface area contributed by atoms with E-state index < -0.39 is 6.10 Å². The van der Waals surface area contributed by atoms with Gasteiger partial charge in [-0.2, -0.15) is 0 Å². The van der Waals surface area contributed by atoms with Crippen molar-refractivity contribution in [2.45, 2.75) is 38.1 Å². The highest BCUT2D eigenvalue weighted by Crippen LogP contribution is 2.18. The number of rotatable bonds is 5. The Morgan fingerprint density at radius 3 is 2.93 bits per heavy atom. The maximum atomic E-state index is 11.5. The van der Waals surface area contributed by atoms with Crippen LogP contribution in [0.2, 0.25) is 0 Å². The molecule has 5 nitrogen and oxygen atoms in total. The zero-order chi connectivity index (χ0) is 11.3. The third-order valence-corrected chi connectivity index (χ3v) is 2.40. The van der Waals surface area contributed by atoms with Crippen molar-refractivity contribution in [3.63, 3.8) is 0 Å². The van der Waals surface area contributed by atoms with Crippen LogP contribution in [0.1, 0.15) is 19.8 Å². The van der Waals surface area contributed by atoms with Gasteiger partial charge in [0.15, 0.2) is 0 Å². The van der Waals surface area contributed by atoms with E-state index in [9.17, 15) is 9.90 Å². The van der Waals surface area contributed by atoms with Crippen molar-refractivity contribution in [2.75, 3.05) is 20.3 Å². The van der Waals surface area contributed by atoms with Gasteiger partial charge in [0.25, 0.3) is 0 Å². The molecule has 3 atom stereocenters. The van der Waals surface area contributed by atoms with E-state index >= 15 is 0 Å². The maximum Gasteiger partial charge on any atom is 0.249 e. The second-order valence-corrected chi connectivity index (χ2v) is 3.87. The second-order valence-electron chi connectivity index (χ2n) is 3.87. The molecule has 1 aliphatic heterocycles. The number of amides is 1. The van der Waals surface area contributed by atoms with Gasteiger partial charge in [-0.3, -0.25) is 4.79 Å². The second kappa shape index (κ2) is 6.05. The van der Waals surface area contributed by atoms with Crippen molar-refractivity contribution in [1.29, 1.82) is 0 Å². The van der Waals surface area contributed by atoms with E-state index in [0.717, 1.165) is 12.8 Å². The SMILES string of the molecule is COCC(O)CNC(=O)C1CCC(C)O1. The number of hydrogen-bond acceptors (Lipinski definition) is 4. The first kappa shape index (κ1) is 12.4. The molecule has 1 saturated heterocycles. The molecule has 15 heavy (non-hydrogen) atoms. The summed E-state index contributed by atoms with van der Waals surface area (Å²) in [7, 11) is 1.51. The van der Waals surface area contributed by atoms with Gasteiger partial charge < -0.3 is 19.9 Å². The molecule has 0 aromatic rings. The highest BCUT2D eigenvalue weighted by Gasteiger charge is 2.28. The molecule has 1 aliphatic rings. The van der Waals surface area contributed by atoms with Crippen LogP contribution in [0.25, 0.3) is 0 Å². The van der Waals surface area contributed by atoms with Crippen LogP contribution in [0.4, 0.5) is 0 Å². The van der Waals surface area contributed by atoms with Crippen LogP contribution < -0.4 is 5.32 Å². The number of aliphatic hydroxyl groups excluding tert-OH is 1. The predicted molar refractivity (Wildman–Crippen MR) is 54.5 cm³/mol. The summed E-state index contributed by atoms with van der Waals surface area (Å²) in [4.78, 5) is 11.5. The fraction of sp³-hybridized carbons (Fsp3) is 0.900. The molecule has 2 N–H and O–H groups in total. The first-order valence-electron chi connectivity index (χ1n) is 5.23. The summed E-state index contributed by atoms with van der Waals surface area (Å²) in [5, 5.41) is 11.9. The zero-order valence-electron chi connectivity index (χ0n) is 9.23. The molecule has 88 valence electrons. The molecular formula is C10H19NO4. The highest BCUT2D eigenvalue weighted by molar-refractivity contribution is 5.81. The predicted octanol–water partition coefficient (Wildman–Crippen LogP) is -0.323. The molecule has 0 radical (unpaired) electrons. The van der Waals surface area contributed by atoms with E-state index in [4.69, 9.17) is 9.47 Å².